The number of rotatable bonds is 5. The molecule has 1 aromatic rings. The lowest BCUT2D eigenvalue weighted by molar-refractivity contribution is -0.142. The quantitative estimate of drug-likeness (QED) is 0.868. The highest BCUT2D eigenvalue weighted by molar-refractivity contribution is 5.73. The fraction of sp³-hybridized carbons (Fsp3) is 0.692. The average molecular weight is 251 g/mol. The van der Waals surface area contributed by atoms with Crippen molar-refractivity contribution in [2.24, 2.45) is 0 Å². The minimum absolute atomic E-state index is 0.334. The van der Waals surface area contributed by atoms with Gasteiger partial charge in [0.05, 0.1) is 5.69 Å². The lowest BCUT2D eigenvalue weighted by Crippen LogP contribution is -2.35. The Morgan fingerprint density at radius 3 is 3.11 bits per heavy atom. The molecule has 0 radical (unpaired) electrons. The Labute approximate surface area is 107 Å². The van der Waals surface area contributed by atoms with Crippen molar-refractivity contribution >= 4 is 5.97 Å². The average Bonchev–Trinajstić information content (AvgIpc) is 2.97. The summed E-state index contributed by atoms with van der Waals surface area (Å²) < 4.78 is 1.96. The van der Waals surface area contributed by atoms with Crippen LogP contribution in [0.5, 0.6) is 0 Å². The van der Waals surface area contributed by atoms with E-state index in [0.717, 1.165) is 31.5 Å². The van der Waals surface area contributed by atoms with Gasteiger partial charge < -0.3 is 5.11 Å². The SMILES string of the molecule is CCC(C)n1ccc(CN2CCCC2C(=O)O)n1. The zero-order valence-corrected chi connectivity index (χ0v) is 11.0. The number of carboxylic acid groups (broad SMARTS) is 1. The first-order valence-electron chi connectivity index (χ1n) is 6.62. The molecule has 1 aliphatic heterocycles. The van der Waals surface area contributed by atoms with E-state index in [2.05, 4.69) is 18.9 Å². The molecule has 0 aliphatic carbocycles. The molecular weight excluding hydrogens is 230 g/mol. The van der Waals surface area contributed by atoms with E-state index in [-0.39, 0.29) is 6.04 Å². The van der Waals surface area contributed by atoms with E-state index in [1.807, 2.05) is 21.8 Å². The van der Waals surface area contributed by atoms with Crippen LogP contribution < -0.4 is 0 Å². The number of carbonyl (C=O) groups is 1. The first-order valence-corrected chi connectivity index (χ1v) is 6.62. The van der Waals surface area contributed by atoms with Crippen molar-refractivity contribution in [3.8, 4) is 0 Å². The smallest absolute Gasteiger partial charge is 0.320 e. The second-order valence-corrected chi connectivity index (χ2v) is 5.01. The predicted molar refractivity (Wildman–Crippen MR) is 68.3 cm³/mol. The highest BCUT2D eigenvalue weighted by Crippen LogP contribution is 2.20. The molecule has 2 atom stereocenters. The second kappa shape index (κ2) is 5.52. The van der Waals surface area contributed by atoms with Gasteiger partial charge in [0.1, 0.15) is 6.04 Å². The van der Waals surface area contributed by atoms with Crippen LogP contribution in [0.2, 0.25) is 0 Å². The Hall–Kier alpha value is -1.36. The van der Waals surface area contributed by atoms with E-state index >= 15 is 0 Å². The molecule has 1 N–H and O–H groups in total. The van der Waals surface area contributed by atoms with Crippen LogP contribution in [0.1, 0.15) is 44.8 Å². The monoisotopic (exact) mass is 251 g/mol. The van der Waals surface area contributed by atoms with Crippen LogP contribution in [0, 0.1) is 0 Å². The van der Waals surface area contributed by atoms with Crippen molar-refractivity contribution in [2.45, 2.75) is 51.7 Å². The predicted octanol–water partition coefficient (Wildman–Crippen LogP) is 1.90. The summed E-state index contributed by atoms with van der Waals surface area (Å²) in [7, 11) is 0. The summed E-state index contributed by atoms with van der Waals surface area (Å²) in [5, 5.41) is 13.6. The van der Waals surface area contributed by atoms with Gasteiger partial charge in [0, 0.05) is 18.8 Å². The number of aliphatic carboxylic acids is 1. The third-order valence-corrected chi connectivity index (χ3v) is 3.72. The zero-order chi connectivity index (χ0) is 13.1. The Bertz CT molecular complexity index is 416. The first-order chi connectivity index (χ1) is 8.61. The summed E-state index contributed by atoms with van der Waals surface area (Å²) in [6, 6.07) is 2.05. The van der Waals surface area contributed by atoms with Gasteiger partial charge in [-0.3, -0.25) is 14.4 Å². The van der Waals surface area contributed by atoms with Crippen molar-refractivity contribution in [1.29, 1.82) is 0 Å². The van der Waals surface area contributed by atoms with Gasteiger partial charge in [-0.1, -0.05) is 6.92 Å². The van der Waals surface area contributed by atoms with Gasteiger partial charge >= 0.3 is 5.97 Å². The zero-order valence-electron chi connectivity index (χ0n) is 11.0. The molecule has 0 aromatic carbocycles. The van der Waals surface area contributed by atoms with Crippen LogP contribution in [0.4, 0.5) is 0 Å². The Balaban J connectivity index is 2.01. The molecule has 100 valence electrons. The number of aromatic nitrogens is 2. The van der Waals surface area contributed by atoms with Crippen LogP contribution in [-0.2, 0) is 11.3 Å². The highest BCUT2D eigenvalue weighted by atomic mass is 16.4. The summed E-state index contributed by atoms with van der Waals surface area (Å²) in [5.41, 5.74) is 0.962. The molecule has 5 heteroatoms. The Kier molecular flexibility index (Phi) is 4.01. The Morgan fingerprint density at radius 1 is 1.67 bits per heavy atom. The molecule has 2 rings (SSSR count). The third-order valence-electron chi connectivity index (χ3n) is 3.72. The minimum Gasteiger partial charge on any atom is -0.480 e. The molecule has 1 saturated heterocycles. The minimum atomic E-state index is -0.714. The largest absolute Gasteiger partial charge is 0.480 e. The highest BCUT2D eigenvalue weighted by Gasteiger charge is 2.30. The molecule has 0 saturated carbocycles. The van der Waals surface area contributed by atoms with Gasteiger partial charge in [-0.15, -0.1) is 0 Å². The number of hydrogen-bond donors (Lipinski definition) is 1. The van der Waals surface area contributed by atoms with Gasteiger partial charge in [0.25, 0.3) is 0 Å². The molecule has 18 heavy (non-hydrogen) atoms. The standard InChI is InChI=1S/C13H21N3O2/c1-3-10(2)16-8-6-11(14-16)9-15-7-4-5-12(15)13(17)18/h6,8,10,12H,3-5,7,9H2,1-2H3,(H,17,18). The topological polar surface area (TPSA) is 58.4 Å². The molecule has 0 bridgehead atoms. The van der Waals surface area contributed by atoms with E-state index in [9.17, 15) is 4.79 Å². The maximum Gasteiger partial charge on any atom is 0.320 e. The molecule has 2 unspecified atom stereocenters. The summed E-state index contributed by atoms with van der Waals surface area (Å²) in [5.74, 6) is -0.714. The fourth-order valence-corrected chi connectivity index (χ4v) is 2.40. The lowest BCUT2D eigenvalue weighted by Gasteiger charge is -2.19. The Morgan fingerprint density at radius 2 is 2.44 bits per heavy atom. The van der Waals surface area contributed by atoms with Gasteiger partial charge in [0.15, 0.2) is 0 Å². The third kappa shape index (κ3) is 2.72. The van der Waals surface area contributed by atoms with E-state index in [4.69, 9.17) is 5.11 Å². The van der Waals surface area contributed by atoms with E-state index in [1.54, 1.807) is 0 Å². The van der Waals surface area contributed by atoms with Crippen molar-refractivity contribution in [3.63, 3.8) is 0 Å². The molecule has 1 fully saturated rings. The van der Waals surface area contributed by atoms with Crippen molar-refractivity contribution in [3.05, 3.63) is 18.0 Å². The number of carboxylic acids is 1. The van der Waals surface area contributed by atoms with E-state index in [1.165, 1.54) is 0 Å². The van der Waals surface area contributed by atoms with E-state index in [0.29, 0.717) is 12.6 Å². The molecule has 1 aliphatic rings. The lowest BCUT2D eigenvalue weighted by atomic mass is 10.2. The first kappa shape index (κ1) is 13.1. The normalized spacial score (nSPS) is 22.2. The summed E-state index contributed by atoms with van der Waals surface area (Å²) >= 11 is 0. The van der Waals surface area contributed by atoms with Gasteiger partial charge in [-0.2, -0.15) is 5.10 Å². The van der Waals surface area contributed by atoms with Gasteiger partial charge in [-0.25, -0.2) is 0 Å². The molecule has 5 nitrogen and oxygen atoms in total. The van der Waals surface area contributed by atoms with Gasteiger partial charge in [-0.05, 0) is 38.8 Å². The maximum atomic E-state index is 11.1. The number of likely N-dealkylation sites (tertiary alicyclic amines) is 1. The van der Waals surface area contributed by atoms with Gasteiger partial charge in [0.2, 0.25) is 0 Å². The van der Waals surface area contributed by atoms with Crippen LogP contribution in [0.15, 0.2) is 12.3 Å². The van der Waals surface area contributed by atoms with E-state index < -0.39 is 5.97 Å². The second-order valence-electron chi connectivity index (χ2n) is 5.01. The summed E-state index contributed by atoms with van der Waals surface area (Å²) in [4.78, 5) is 13.1. The maximum absolute atomic E-state index is 11.1. The van der Waals surface area contributed by atoms with Crippen molar-refractivity contribution in [2.75, 3.05) is 6.54 Å². The van der Waals surface area contributed by atoms with Crippen LogP contribution >= 0.6 is 0 Å². The summed E-state index contributed by atoms with van der Waals surface area (Å²) in [6.07, 6.45) is 4.74. The van der Waals surface area contributed by atoms with Crippen molar-refractivity contribution in [1.82, 2.24) is 14.7 Å². The molecule has 0 amide bonds. The van der Waals surface area contributed by atoms with Crippen LogP contribution in [0.25, 0.3) is 0 Å². The molecule has 1 aromatic heterocycles. The molecule has 2 heterocycles. The molecular formula is C13H21N3O2. The summed E-state index contributed by atoms with van der Waals surface area (Å²) in [6.45, 7) is 5.76. The van der Waals surface area contributed by atoms with Crippen LogP contribution in [-0.4, -0.2) is 38.3 Å². The molecule has 0 spiro atoms. The number of nitrogens with zero attached hydrogens (tertiary/aromatic N) is 3. The van der Waals surface area contributed by atoms with Crippen LogP contribution in [0.3, 0.4) is 0 Å². The van der Waals surface area contributed by atoms with Crippen molar-refractivity contribution < 1.29 is 9.90 Å². The number of hydrogen-bond acceptors (Lipinski definition) is 3. The fourth-order valence-electron chi connectivity index (χ4n) is 2.40.